The normalized spacial score (nSPS) is 23.9. The van der Waals surface area contributed by atoms with Gasteiger partial charge >= 0.3 is 5.97 Å². The van der Waals surface area contributed by atoms with Crippen LogP contribution >= 0.6 is 11.3 Å². The number of carbonyl (C=O) groups is 1. The van der Waals surface area contributed by atoms with Gasteiger partial charge in [0.1, 0.15) is 5.82 Å². The summed E-state index contributed by atoms with van der Waals surface area (Å²) in [7, 11) is -2.50. The van der Waals surface area contributed by atoms with E-state index in [1.807, 2.05) is 11.6 Å². The molecule has 11 heteroatoms. The molecule has 9 nitrogen and oxygen atoms in total. The van der Waals surface area contributed by atoms with Gasteiger partial charge in [-0.2, -0.15) is 0 Å². The quantitative estimate of drug-likeness (QED) is 0.411. The fraction of sp³-hybridized carbons (Fsp3) is 0.464. The average Bonchev–Trinajstić information content (AvgIpc) is 3.63. The van der Waals surface area contributed by atoms with E-state index in [-0.39, 0.29) is 22.4 Å². The van der Waals surface area contributed by atoms with E-state index in [0.717, 1.165) is 63.1 Å². The molecule has 2 aromatic heterocycles. The third-order valence-corrected chi connectivity index (χ3v) is 10.8. The second-order valence-electron chi connectivity index (χ2n) is 10.3. The van der Waals surface area contributed by atoms with Crippen molar-refractivity contribution < 1.29 is 22.7 Å². The molecule has 2 aliphatic heterocycles. The first-order chi connectivity index (χ1) is 19.0. The maximum Gasteiger partial charge on any atom is 0.367 e. The van der Waals surface area contributed by atoms with Crippen molar-refractivity contribution in [2.45, 2.75) is 48.5 Å². The van der Waals surface area contributed by atoms with Crippen molar-refractivity contribution in [1.29, 1.82) is 0 Å². The van der Waals surface area contributed by atoms with E-state index in [9.17, 15) is 13.2 Å². The number of methoxy groups -OCH3 is 1. The molecular weight excluding hydrogens is 536 g/mol. The minimum absolute atomic E-state index is 0.178. The molecule has 0 spiro atoms. The largest absolute Gasteiger partial charge is 0.464 e. The van der Waals surface area contributed by atoms with Gasteiger partial charge in [-0.1, -0.05) is 18.2 Å². The van der Waals surface area contributed by atoms with Crippen molar-refractivity contribution in [3.8, 4) is 0 Å². The van der Waals surface area contributed by atoms with Crippen LogP contribution < -0.4 is 4.31 Å². The van der Waals surface area contributed by atoms with Crippen LogP contribution in [0.5, 0.6) is 0 Å². The minimum Gasteiger partial charge on any atom is -0.464 e. The summed E-state index contributed by atoms with van der Waals surface area (Å²) in [5.74, 6) is -0.0174. The molecule has 3 aliphatic rings. The van der Waals surface area contributed by atoms with E-state index in [4.69, 9.17) is 14.5 Å². The second-order valence-corrected chi connectivity index (χ2v) is 13.0. The number of hydrogen-bond acceptors (Lipinski definition) is 9. The number of morpholine rings is 1. The molecular formula is C28H32N4O5S2. The van der Waals surface area contributed by atoms with Crippen molar-refractivity contribution in [3.63, 3.8) is 0 Å². The number of nitrogens with zero attached hydrogens (tertiary/aromatic N) is 4. The van der Waals surface area contributed by atoms with Gasteiger partial charge in [0.05, 0.1) is 30.9 Å². The van der Waals surface area contributed by atoms with E-state index in [1.54, 1.807) is 30.3 Å². The highest BCUT2D eigenvalue weighted by Crippen LogP contribution is 2.44. The smallest absolute Gasteiger partial charge is 0.367 e. The SMILES string of the molecule is COC(=O)c1nc(C2CN(S(=O)(=O)c3ccccc3)c3ncc(C4CCC(N5CCOCC5)CC4)cc32)cs1. The molecule has 1 saturated heterocycles. The maximum absolute atomic E-state index is 13.7. The fourth-order valence-electron chi connectivity index (χ4n) is 6.06. The molecule has 0 N–H and O–H groups in total. The molecule has 0 radical (unpaired) electrons. The van der Waals surface area contributed by atoms with Gasteiger partial charge in [-0.25, -0.2) is 27.5 Å². The number of pyridine rings is 1. The van der Waals surface area contributed by atoms with Crippen molar-refractivity contribution >= 4 is 33.1 Å². The van der Waals surface area contributed by atoms with Crippen molar-refractivity contribution in [2.24, 2.45) is 0 Å². The lowest BCUT2D eigenvalue weighted by molar-refractivity contribution is 0.00729. The summed E-state index contributed by atoms with van der Waals surface area (Å²) in [5.41, 5.74) is 2.63. The highest BCUT2D eigenvalue weighted by molar-refractivity contribution is 7.92. The lowest BCUT2D eigenvalue weighted by atomic mass is 9.81. The molecule has 1 unspecified atom stereocenters. The van der Waals surface area contributed by atoms with Crippen LogP contribution in [0.25, 0.3) is 0 Å². The first kappa shape index (κ1) is 26.4. The van der Waals surface area contributed by atoms with Crippen molar-refractivity contribution in [2.75, 3.05) is 44.3 Å². The zero-order valence-electron chi connectivity index (χ0n) is 21.9. The summed E-state index contributed by atoms with van der Waals surface area (Å²) in [6, 6.07) is 11.1. The summed E-state index contributed by atoms with van der Waals surface area (Å²) in [5, 5.41) is 2.07. The van der Waals surface area contributed by atoms with E-state index >= 15 is 0 Å². The Labute approximate surface area is 232 Å². The van der Waals surface area contributed by atoms with E-state index in [2.05, 4.69) is 16.0 Å². The topological polar surface area (TPSA) is 102 Å². The van der Waals surface area contributed by atoms with Gasteiger partial charge in [-0.05, 0) is 55.4 Å². The molecule has 6 rings (SSSR count). The van der Waals surface area contributed by atoms with Crippen LogP contribution in [0.2, 0.25) is 0 Å². The van der Waals surface area contributed by atoms with Gasteiger partial charge in [-0.3, -0.25) is 4.90 Å². The summed E-state index contributed by atoms with van der Waals surface area (Å²) in [6.45, 7) is 3.81. The Morgan fingerprint density at radius 3 is 2.56 bits per heavy atom. The van der Waals surface area contributed by atoms with Gasteiger partial charge < -0.3 is 9.47 Å². The number of thiazole rings is 1. The summed E-state index contributed by atoms with van der Waals surface area (Å²) < 4.78 is 39.1. The number of rotatable bonds is 6. The molecule has 0 amide bonds. The summed E-state index contributed by atoms with van der Waals surface area (Å²) in [4.78, 5) is 24.2. The second kappa shape index (κ2) is 11.0. The third kappa shape index (κ3) is 5.08. The Balaban J connectivity index is 1.31. The Morgan fingerprint density at radius 1 is 1.10 bits per heavy atom. The van der Waals surface area contributed by atoms with Crippen LogP contribution in [0.4, 0.5) is 5.82 Å². The molecule has 3 aromatic rings. The lowest BCUT2D eigenvalue weighted by Crippen LogP contribution is -2.44. The van der Waals surface area contributed by atoms with Crippen LogP contribution in [0, 0.1) is 0 Å². The molecule has 206 valence electrons. The van der Waals surface area contributed by atoms with Crippen LogP contribution in [0.1, 0.15) is 64.1 Å². The first-order valence-corrected chi connectivity index (χ1v) is 15.7. The number of benzene rings is 1. The number of carbonyl (C=O) groups excluding carboxylic acids is 1. The van der Waals surface area contributed by atoms with Gasteiger partial charge in [0.25, 0.3) is 10.0 Å². The van der Waals surface area contributed by atoms with E-state index in [1.165, 1.54) is 22.8 Å². The van der Waals surface area contributed by atoms with Gasteiger partial charge in [0.2, 0.25) is 5.01 Å². The maximum atomic E-state index is 13.7. The summed E-state index contributed by atoms with van der Waals surface area (Å²) in [6.07, 6.45) is 6.27. The Morgan fingerprint density at radius 2 is 1.85 bits per heavy atom. The van der Waals surface area contributed by atoms with Crippen LogP contribution in [0.3, 0.4) is 0 Å². The first-order valence-electron chi connectivity index (χ1n) is 13.4. The van der Waals surface area contributed by atoms with Gasteiger partial charge in [-0.15, -0.1) is 11.3 Å². The number of ether oxygens (including phenoxy) is 2. The zero-order valence-corrected chi connectivity index (χ0v) is 23.5. The molecule has 1 aromatic carbocycles. The van der Waals surface area contributed by atoms with E-state index in [0.29, 0.717) is 23.5 Å². The number of esters is 1. The third-order valence-electron chi connectivity index (χ3n) is 8.18. The van der Waals surface area contributed by atoms with Gasteiger partial charge in [0, 0.05) is 48.7 Å². The predicted octanol–water partition coefficient (Wildman–Crippen LogP) is 4.02. The summed E-state index contributed by atoms with van der Waals surface area (Å²) >= 11 is 1.21. The average molecular weight is 569 g/mol. The Bertz CT molecular complexity index is 1430. The van der Waals surface area contributed by atoms with E-state index < -0.39 is 16.0 Å². The van der Waals surface area contributed by atoms with Crippen LogP contribution in [0.15, 0.2) is 52.9 Å². The molecule has 4 heterocycles. The highest BCUT2D eigenvalue weighted by Gasteiger charge is 2.40. The standard InChI is InChI=1S/C28H32N4O5S2/c1-36-28(33)27-30-25(18-38-27)24-17-32(39(34,35)22-5-3-2-4-6-22)26-23(24)15-20(16-29-26)19-7-9-21(10-8-19)31-11-13-37-14-12-31/h2-6,15-16,18-19,21,24H,7-14,17H2,1H3. The fourth-order valence-corrected chi connectivity index (χ4v) is 8.33. The number of hydrogen-bond donors (Lipinski definition) is 0. The minimum atomic E-state index is -3.83. The lowest BCUT2D eigenvalue weighted by Gasteiger charge is -2.38. The molecule has 1 saturated carbocycles. The zero-order chi connectivity index (χ0) is 27.0. The van der Waals surface area contributed by atoms with Gasteiger partial charge in [0.15, 0.2) is 0 Å². The number of fused-ring (bicyclic) bond motifs is 1. The predicted molar refractivity (Wildman–Crippen MR) is 148 cm³/mol. The monoisotopic (exact) mass is 568 g/mol. The number of sulfonamides is 1. The highest BCUT2D eigenvalue weighted by atomic mass is 32.2. The molecule has 1 atom stereocenters. The number of anilines is 1. The van der Waals surface area contributed by atoms with Crippen LogP contribution in [-0.4, -0.2) is 75.3 Å². The molecule has 0 bridgehead atoms. The van der Waals surface area contributed by atoms with Crippen molar-refractivity contribution in [3.05, 3.63) is 69.8 Å². The number of aromatic nitrogens is 2. The molecule has 2 fully saturated rings. The molecule has 39 heavy (non-hydrogen) atoms. The Hall–Kier alpha value is -2.86. The molecule has 1 aliphatic carbocycles. The Kier molecular flexibility index (Phi) is 7.41. The van der Waals surface area contributed by atoms with Crippen LogP contribution in [-0.2, 0) is 19.5 Å². The van der Waals surface area contributed by atoms with Crippen molar-refractivity contribution in [1.82, 2.24) is 14.9 Å².